The first-order valence-corrected chi connectivity index (χ1v) is 4.03. The monoisotopic (exact) mass is 162 g/mol. The topological polar surface area (TPSA) is 0 Å². The maximum absolute atomic E-state index is 12.4. The van der Waals surface area contributed by atoms with E-state index in [2.05, 4.69) is 11.8 Å². The van der Waals surface area contributed by atoms with Crippen molar-refractivity contribution in [1.82, 2.24) is 0 Å². The predicted molar refractivity (Wildman–Crippen MR) is 48.2 cm³/mol. The third-order valence-electron chi connectivity index (χ3n) is 1.51. The van der Waals surface area contributed by atoms with Gasteiger partial charge in [-0.2, -0.15) is 0 Å². The van der Waals surface area contributed by atoms with Gasteiger partial charge in [0.1, 0.15) is 5.82 Å². The van der Waals surface area contributed by atoms with E-state index in [9.17, 15) is 4.39 Å². The van der Waals surface area contributed by atoms with E-state index < -0.39 is 0 Å². The Balaban J connectivity index is 2.59. The minimum absolute atomic E-state index is 0.192. The summed E-state index contributed by atoms with van der Waals surface area (Å²) in [5.41, 5.74) is 1.07. The lowest BCUT2D eigenvalue weighted by atomic mass is 10.1. The van der Waals surface area contributed by atoms with Gasteiger partial charge in [0.15, 0.2) is 0 Å². The lowest BCUT2D eigenvalue weighted by Gasteiger charge is -1.92. The van der Waals surface area contributed by atoms with Crippen molar-refractivity contribution in [3.05, 3.63) is 35.6 Å². The highest BCUT2D eigenvalue weighted by Crippen LogP contribution is 2.02. The Morgan fingerprint density at radius 1 is 1.17 bits per heavy atom. The summed E-state index contributed by atoms with van der Waals surface area (Å²) in [6.07, 6.45) is 1.59. The Kier molecular flexibility index (Phi) is 3.35. The van der Waals surface area contributed by atoms with Crippen molar-refractivity contribution in [1.29, 1.82) is 0 Å². The van der Waals surface area contributed by atoms with Crippen molar-refractivity contribution in [2.75, 3.05) is 0 Å². The van der Waals surface area contributed by atoms with Crippen molar-refractivity contribution in [3.63, 3.8) is 0 Å². The molecule has 0 heterocycles. The second-order valence-corrected chi connectivity index (χ2v) is 2.51. The van der Waals surface area contributed by atoms with Gasteiger partial charge in [0.05, 0.1) is 0 Å². The molecular formula is C11H11F. The number of rotatable bonds is 1. The summed E-state index contributed by atoms with van der Waals surface area (Å²) in [7, 11) is 0. The summed E-state index contributed by atoms with van der Waals surface area (Å²) in [5.74, 6) is 5.77. The number of benzene rings is 1. The maximum Gasteiger partial charge on any atom is 0.123 e. The van der Waals surface area contributed by atoms with E-state index >= 15 is 0 Å². The van der Waals surface area contributed by atoms with E-state index in [0.717, 1.165) is 12.0 Å². The molecule has 0 aliphatic carbocycles. The van der Waals surface area contributed by atoms with Crippen LogP contribution in [0.25, 0.3) is 0 Å². The quantitative estimate of drug-likeness (QED) is 0.557. The lowest BCUT2D eigenvalue weighted by molar-refractivity contribution is 0.627. The first-order chi connectivity index (χ1) is 5.83. The molecule has 0 saturated heterocycles. The lowest BCUT2D eigenvalue weighted by Crippen LogP contribution is -1.81. The van der Waals surface area contributed by atoms with Gasteiger partial charge in [-0.1, -0.05) is 25.0 Å². The molecule has 1 aromatic carbocycles. The highest BCUT2D eigenvalue weighted by molar-refractivity contribution is 5.21. The average Bonchev–Trinajstić information content (AvgIpc) is 2.09. The van der Waals surface area contributed by atoms with E-state index in [0.29, 0.717) is 6.42 Å². The van der Waals surface area contributed by atoms with Crippen LogP contribution in [0.4, 0.5) is 4.39 Å². The van der Waals surface area contributed by atoms with E-state index in [4.69, 9.17) is 0 Å². The standard InChI is InChI=1S/C11H11F/c1-2-3-4-5-10-6-8-11(12)9-7-10/h6-9H,2,5H2,1H3. The molecule has 0 radical (unpaired) electrons. The minimum Gasteiger partial charge on any atom is -0.207 e. The molecule has 0 aliphatic rings. The van der Waals surface area contributed by atoms with Gasteiger partial charge < -0.3 is 0 Å². The van der Waals surface area contributed by atoms with Gasteiger partial charge in [-0.3, -0.25) is 0 Å². The zero-order valence-corrected chi connectivity index (χ0v) is 7.10. The molecule has 0 unspecified atom stereocenters. The maximum atomic E-state index is 12.4. The fraction of sp³-hybridized carbons (Fsp3) is 0.273. The predicted octanol–water partition coefficient (Wildman–Crippen LogP) is 2.78. The Morgan fingerprint density at radius 3 is 2.42 bits per heavy atom. The molecule has 0 aliphatic heterocycles. The Hall–Kier alpha value is -1.29. The molecular weight excluding hydrogens is 151 g/mol. The van der Waals surface area contributed by atoms with E-state index in [1.165, 1.54) is 12.1 Å². The minimum atomic E-state index is -0.192. The van der Waals surface area contributed by atoms with Crippen molar-refractivity contribution in [2.24, 2.45) is 0 Å². The molecule has 12 heavy (non-hydrogen) atoms. The summed E-state index contributed by atoms with van der Waals surface area (Å²) in [6, 6.07) is 6.45. The second kappa shape index (κ2) is 4.56. The summed E-state index contributed by atoms with van der Waals surface area (Å²) >= 11 is 0. The van der Waals surface area contributed by atoms with Crippen LogP contribution in [0.1, 0.15) is 18.9 Å². The van der Waals surface area contributed by atoms with Crippen LogP contribution in [-0.2, 0) is 6.42 Å². The van der Waals surface area contributed by atoms with Crippen molar-refractivity contribution >= 4 is 0 Å². The summed E-state index contributed by atoms with van der Waals surface area (Å²) in [5, 5.41) is 0. The molecule has 1 aromatic rings. The normalized spacial score (nSPS) is 8.83. The molecule has 0 saturated carbocycles. The number of halogens is 1. The average molecular weight is 162 g/mol. The first-order valence-electron chi connectivity index (χ1n) is 4.03. The van der Waals surface area contributed by atoms with Gasteiger partial charge in [0.25, 0.3) is 0 Å². The molecule has 0 spiro atoms. The fourth-order valence-corrected chi connectivity index (χ4v) is 0.892. The molecule has 1 rings (SSSR count). The van der Waals surface area contributed by atoms with Gasteiger partial charge in [-0.15, -0.1) is 5.92 Å². The Labute approximate surface area is 72.4 Å². The zero-order valence-electron chi connectivity index (χ0n) is 7.10. The first kappa shape index (κ1) is 8.80. The molecule has 0 fully saturated rings. The van der Waals surface area contributed by atoms with Gasteiger partial charge in [0.2, 0.25) is 0 Å². The summed E-state index contributed by atoms with van der Waals surface area (Å²) < 4.78 is 12.4. The third-order valence-corrected chi connectivity index (χ3v) is 1.51. The van der Waals surface area contributed by atoms with Crippen LogP contribution in [0.2, 0.25) is 0 Å². The van der Waals surface area contributed by atoms with Crippen molar-refractivity contribution in [2.45, 2.75) is 19.8 Å². The Morgan fingerprint density at radius 2 is 1.83 bits per heavy atom. The number of hydrogen-bond acceptors (Lipinski definition) is 0. The van der Waals surface area contributed by atoms with Crippen LogP contribution < -0.4 is 0 Å². The largest absolute Gasteiger partial charge is 0.207 e. The highest BCUT2D eigenvalue weighted by atomic mass is 19.1. The van der Waals surface area contributed by atoms with Crippen LogP contribution in [-0.4, -0.2) is 0 Å². The van der Waals surface area contributed by atoms with Gasteiger partial charge in [0, 0.05) is 12.8 Å². The summed E-state index contributed by atoms with van der Waals surface area (Å²) in [6.45, 7) is 2.01. The molecule has 62 valence electrons. The molecule has 0 nitrogen and oxygen atoms in total. The smallest absolute Gasteiger partial charge is 0.123 e. The van der Waals surface area contributed by atoms with Crippen molar-refractivity contribution in [3.8, 4) is 11.8 Å². The van der Waals surface area contributed by atoms with E-state index in [-0.39, 0.29) is 5.82 Å². The summed E-state index contributed by atoms with van der Waals surface area (Å²) in [4.78, 5) is 0. The molecule has 0 bridgehead atoms. The van der Waals surface area contributed by atoms with E-state index in [1.54, 1.807) is 12.1 Å². The van der Waals surface area contributed by atoms with Gasteiger partial charge in [-0.25, -0.2) is 4.39 Å². The van der Waals surface area contributed by atoms with Crippen LogP contribution in [0.15, 0.2) is 24.3 Å². The molecule has 1 heteroatoms. The molecule has 0 amide bonds. The van der Waals surface area contributed by atoms with Crippen LogP contribution in [0.5, 0.6) is 0 Å². The van der Waals surface area contributed by atoms with Gasteiger partial charge >= 0.3 is 0 Å². The molecule has 0 N–H and O–H groups in total. The Bertz CT molecular complexity index is 287. The van der Waals surface area contributed by atoms with Crippen LogP contribution >= 0.6 is 0 Å². The second-order valence-electron chi connectivity index (χ2n) is 2.51. The van der Waals surface area contributed by atoms with E-state index in [1.807, 2.05) is 6.92 Å². The fourth-order valence-electron chi connectivity index (χ4n) is 0.892. The highest BCUT2D eigenvalue weighted by Gasteiger charge is 1.89. The molecule has 0 aromatic heterocycles. The van der Waals surface area contributed by atoms with Crippen molar-refractivity contribution < 1.29 is 4.39 Å². The third kappa shape index (κ3) is 2.75. The molecule has 0 atom stereocenters. The SMILES string of the molecule is CCC#CCc1ccc(F)cc1. The van der Waals surface area contributed by atoms with Crippen LogP contribution in [0, 0.1) is 17.7 Å². The zero-order chi connectivity index (χ0) is 8.81. The van der Waals surface area contributed by atoms with Crippen LogP contribution in [0.3, 0.4) is 0 Å². The van der Waals surface area contributed by atoms with Gasteiger partial charge in [-0.05, 0) is 17.7 Å². The number of hydrogen-bond donors (Lipinski definition) is 0.